The Morgan fingerprint density at radius 3 is 2.88 bits per heavy atom. The third-order valence-corrected chi connectivity index (χ3v) is 2.75. The number of rotatable bonds is 6. The number of aromatic nitrogens is 1. The lowest BCUT2D eigenvalue weighted by molar-refractivity contribution is -0.385. The Labute approximate surface area is 98.8 Å². The summed E-state index contributed by atoms with van der Waals surface area (Å²) in [5, 5.41) is 13.6. The highest BCUT2D eigenvalue weighted by Crippen LogP contribution is 2.13. The summed E-state index contributed by atoms with van der Waals surface area (Å²) in [6.45, 7) is 2.07. The molecule has 0 aliphatic heterocycles. The van der Waals surface area contributed by atoms with Gasteiger partial charge in [0.15, 0.2) is 0 Å². The molecular formula is C10H15N3O2S. The van der Waals surface area contributed by atoms with Crippen molar-refractivity contribution in [2.24, 2.45) is 0 Å². The number of pyridine rings is 1. The Kier molecular flexibility index (Phi) is 5.04. The van der Waals surface area contributed by atoms with E-state index in [0.29, 0.717) is 11.9 Å². The zero-order valence-corrected chi connectivity index (χ0v) is 10.2. The second kappa shape index (κ2) is 6.32. The summed E-state index contributed by atoms with van der Waals surface area (Å²) in [6, 6.07) is 3.41. The smallest absolute Gasteiger partial charge is 0.287 e. The van der Waals surface area contributed by atoms with E-state index < -0.39 is 4.92 Å². The van der Waals surface area contributed by atoms with E-state index in [1.807, 2.05) is 0 Å². The van der Waals surface area contributed by atoms with E-state index in [9.17, 15) is 10.1 Å². The average Bonchev–Trinajstić information content (AvgIpc) is 2.27. The fourth-order valence-electron chi connectivity index (χ4n) is 1.20. The van der Waals surface area contributed by atoms with Crippen LogP contribution in [0.1, 0.15) is 13.3 Å². The molecule has 0 saturated heterocycles. The molecule has 88 valence electrons. The number of nitro groups is 1. The highest BCUT2D eigenvalue weighted by molar-refractivity contribution is 7.98. The van der Waals surface area contributed by atoms with Gasteiger partial charge in [-0.1, -0.05) is 0 Å². The third kappa shape index (κ3) is 4.06. The van der Waals surface area contributed by atoms with Crippen LogP contribution in [0.3, 0.4) is 0 Å². The van der Waals surface area contributed by atoms with Crippen LogP contribution in [0.4, 0.5) is 11.5 Å². The van der Waals surface area contributed by atoms with Crippen LogP contribution in [0.25, 0.3) is 0 Å². The van der Waals surface area contributed by atoms with Gasteiger partial charge < -0.3 is 5.32 Å². The predicted octanol–water partition coefficient (Wildman–Crippen LogP) is 2.54. The predicted molar refractivity (Wildman–Crippen MR) is 67.0 cm³/mol. The van der Waals surface area contributed by atoms with Gasteiger partial charge in [0.05, 0.1) is 4.92 Å². The second-order valence-electron chi connectivity index (χ2n) is 3.49. The van der Waals surface area contributed by atoms with Crippen molar-refractivity contribution in [1.29, 1.82) is 0 Å². The summed E-state index contributed by atoms with van der Waals surface area (Å²) < 4.78 is 0. The van der Waals surface area contributed by atoms with Crippen molar-refractivity contribution < 1.29 is 4.92 Å². The maximum absolute atomic E-state index is 10.4. The summed E-state index contributed by atoms with van der Waals surface area (Å²) in [7, 11) is 0. The van der Waals surface area contributed by atoms with Crippen LogP contribution < -0.4 is 5.32 Å². The molecule has 1 unspecified atom stereocenters. The molecular weight excluding hydrogens is 226 g/mol. The van der Waals surface area contributed by atoms with Gasteiger partial charge in [-0.2, -0.15) is 11.8 Å². The number of nitrogens with zero attached hydrogens (tertiary/aromatic N) is 2. The number of thioether (sulfide) groups is 1. The maximum Gasteiger partial charge on any atom is 0.287 e. The Morgan fingerprint density at radius 1 is 1.62 bits per heavy atom. The van der Waals surface area contributed by atoms with Crippen molar-refractivity contribution in [3.8, 4) is 0 Å². The fraction of sp³-hybridized carbons (Fsp3) is 0.500. The van der Waals surface area contributed by atoms with Gasteiger partial charge in [0.2, 0.25) is 0 Å². The van der Waals surface area contributed by atoms with Crippen molar-refractivity contribution >= 4 is 23.3 Å². The minimum absolute atomic E-state index is 0.0160. The molecule has 1 aromatic heterocycles. The first-order chi connectivity index (χ1) is 7.63. The first-order valence-electron chi connectivity index (χ1n) is 4.99. The monoisotopic (exact) mass is 241 g/mol. The molecule has 6 heteroatoms. The van der Waals surface area contributed by atoms with Gasteiger partial charge in [-0.25, -0.2) is 4.98 Å². The van der Waals surface area contributed by atoms with E-state index in [2.05, 4.69) is 23.5 Å². The highest BCUT2D eigenvalue weighted by atomic mass is 32.2. The lowest BCUT2D eigenvalue weighted by Gasteiger charge is -2.13. The molecule has 1 heterocycles. The van der Waals surface area contributed by atoms with E-state index in [1.165, 1.54) is 12.3 Å². The largest absolute Gasteiger partial charge is 0.368 e. The van der Waals surface area contributed by atoms with Crippen molar-refractivity contribution in [2.75, 3.05) is 17.3 Å². The molecule has 0 aromatic carbocycles. The maximum atomic E-state index is 10.4. The van der Waals surface area contributed by atoms with Gasteiger partial charge in [0.25, 0.3) is 5.69 Å². The molecule has 1 aromatic rings. The number of anilines is 1. The van der Waals surface area contributed by atoms with Crippen LogP contribution >= 0.6 is 11.8 Å². The topological polar surface area (TPSA) is 68.1 Å². The molecule has 0 fully saturated rings. The number of hydrogen-bond acceptors (Lipinski definition) is 5. The number of nitrogens with one attached hydrogen (secondary N) is 1. The highest BCUT2D eigenvalue weighted by Gasteiger charge is 2.06. The first kappa shape index (κ1) is 12.8. The number of hydrogen-bond donors (Lipinski definition) is 1. The lowest BCUT2D eigenvalue weighted by Crippen LogP contribution is -2.16. The third-order valence-electron chi connectivity index (χ3n) is 2.11. The summed E-state index contributed by atoms with van der Waals surface area (Å²) in [4.78, 5) is 14.0. The molecule has 1 atom stereocenters. The summed E-state index contributed by atoms with van der Waals surface area (Å²) in [5.41, 5.74) is 0.0160. The minimum atomic E-state index is -0.450. The molecule has 0 radical (unpaired) electrons. The lowest BCUT2D eigenvalue weighted by atomic mass is 10.2. The van der Waals surface area contributed by atoms with Gasteiger partial charge in [-0.05, 0) is 31.4 Å². The normalized spacial score (nSPS) is 12.1. The molecule has 0 bridgehead atoms. The van der Waals surface area contributed by atoms with Crippen molar-refractivity contribution in [1.82, 2.24) is 4.98 Å². The zero-order chi connectivity index (χ0) is 12.0. The molecule has 1 rings (SSSR count). The Bertz CT molecular complexity index is 342. The van der Waals surface area contributed by atoms with E-state index in [0.717, 1.165) is 12.2 Å². The standard InChI is InChI=1S/C10H15N3O2S/c1-8(5-6-16-2)12-10-4-3-9(7-11-10)13(14)15/h3-4,7-8H,5-6H2,1-2H3,(H,11,12). The SMILES string of the molecule is CSCCC(C)Nc1ccc([N+](=O)[O-])cn1. The van der Waals surface area contributed by atoms with Crippen molar-refractivity contribution in [2.45, 2.75) is 19.4 Å². The fourth-order valence-corrected chi connectivity index (χ4v) is 1.79. The van der Waals surface area contributed by atoms with E-state index in [4.69, 9.17) is 0 Å². The van der Waals surface area contributed by atoms with Gasteiger partial charge in [0, 0.05) is 12.1 Å². The second-order valence-corrected chi connectivity index (χ2v) is 4.47. The Morgan fingerprint density at radius 2 is 2.38 bits per heavy atom. The Balaban J connectivity index is 2.51. The summed E-state index contributed by atoms with van der Waals surface area (Å²) >= 11 is 1.80. The van der Waals surface area contributed by atoms with Crippen LogP contribution in [0.2, 0.25) is 0 Å². The van der Waals surface area contributed by atoms with Crippen LogP contribution in [0, 0.1) is 10.1 Å². The van der Waals surface area contributed by atoms with Crippen LogP contribution in [-0.2, 0) is 0 Å². The van der Waals surface area contributed by atoms with Gasteiger partial charge in [-0.3, -0.25) is 10.1 Å². The summed E-state index contributed by atoms with van der Waals surface area (Å²) in [5.74, 6) is 1.76. The van der Waals surface area contributed by atoms with Gasteiger partial charge >= 0.3 is 0 Å². The average molecular weight is 241 g/mol. The van der Waals surface area contributed by atoms with E-state index in [1.54, 1.807) is 17.8 Å². The summed E-state index contributed by atoms with van der Waals surface area (Å²) in [6.07, 6.45) is 4.38. The molecule has 0 aliphatic rings. The van der Waals surface area contributed by atoms with Crippen molar-refractivity contribution in [3.63, 3.8) is 0 Å². The van der Waals surface area contributed by atoms with Crippen LogP contribution in [-0.4, -0.2) is 28.0 Å². The quantitative estimate of drug-likeness (QED) is 0.612. The molecule has 1 N–H and O–H groups in total. The van der Waals surface area contributed by atoms with Gasteiger partial charge in [0.1, 0.15) is 12.0 Å². The van der Waals surface area contributed by atoms with E-state index >= 15 is 0 Å². The molecule has 0 amide bonds. The molecule has 0 spiro atoms. The van der Waals surface area contributed by atoms with Crippen LogP contribution in [0.15, 0.2) is 18.3 Å². The first-order valence-corrected chi connectivity index (χ1v) is 6.38. The van der Waals surface area contributed by atoms with Gasteiger partial charge in [-0.15, -0.1) is 0 Å². The molecule has 0 aliphatic carbocycles. The molecule has 5 nitrogen and oxygen atoms in total. The van der Waals surface area contributed by atoms with Crippen molar-refractivity contribution in [3.05, 3.63) is 28.4 Å². The van der Waals surface area contributed by atoms with Crippen LogP contribution in [0.5, 0.6) is 0 Å². The minimum Gasteiger partial charge on any atom is -0.368 e. The van der Waals surface area contributed by atoms with E-state index in [-0.39, 0.29) is 5.69 Å². The Hall–Kier alpha value is -1.30. The zero-order valence-electron chi connectivity index (χ0n) is 9.34. The molecule has 16 heavy (non-hydrogen) atoms. The molecule has 0 saturated carbocycles.